The molecule has 0 saturated carbocycles. The molecular formula is C12H23N3O2-2. The molecule has 100 valence electrons. The van der Waals surface area contributed by atoms with Crippen LogP contribution >= 0.6 is 0 Å². The van der Waals surface area contributed by atoms with Crippen molar-refractivity contribution >= 4 is 0 Å². The van der Waals surface area contributed by atoms with Crippen LogP contribution in [0.15, 0.2) is 0 Å². The van der Waals surface area contributed by atoms with Gasteiger partial charge in [-0.15, -0.1) is 0 Å². The Hall–Kier alpha value is -0.200. The lowest BCUT2D eigenvalue weighted by atomic mass is 9.84. The van der Waals surface area contributed by atoms with Crippen LogP contribution in [0.2, 0.25) is 0 Å². The van der Waals surface area contributed by atoms with E-state index >= 15 is 0 Å². The number of hydrogen-bond donors (Lipinski definition) is 0. The molecule has 0 N–H and O–H groups in total. The Morgan fingerprint density at radius 3 is 1.88 bits per heavy atom. The lowest BCUT2D eigenvalue weighted by Crippen LogP contribution is -2.57. The van der Waals surface area contributed by atoms with Gasteiger partial charge in [0.05, 0.1) is 5.66 Å². The van der Waals surface area contributed by atoms with E-state index in [1.54, 1.807) is 14.1 Å². The normalized spacial score (nSPS) is 39.7. The molecule has 2 aliphatic rings. The topological polar surface area (TPSA) is 55.8 Å². The van der Waals surface area contributed by atoms with Gasteiger partial charge in [0.15, 0.2) is 0 Å². The first kappa shape index (κ1) is 13.2. The molecule has 2 saturated heterocycles. The maximum atomic E-state index is 11.9. The van der Waals surface area contributed by atoms with Gasteiger partial charge in [0, 0.05) is 12.1 Å². The van der Waals surface area contributed by atoms with Crippen LogP contribution in [-0.4, -0.2) is 53.9 Å². The van der Waals surface area contributed by atoms with Crippen LogP contribution < -0.4 is 0 Å². The summed E-state index contributed by atoms with van der Waals surface area (Å²) in [4.78, 5) is 2.12. The predicted molar refractivity (Wildman–Crippen MR) is 68.1 cm³/mol. The van der Waals surface area contributed by atoms with Gasteiger partial charge in [-0.3, -0.25) is 4.90 Å². The molecule has 0 aromatic heterocycles. The van der Waals surface area contributed by atoms with Crippen molar-refractivity contribution in [1.29, 1.82) is 0 Å². The van der Waals surface area contributed by atoms with E-state index in [9.17, 15) is 10.4 Å². The standard InChI is InChI=1S/C12H23N3O2/c1-13-10-11(14(2)16)6-4-8-12(13,15(3)17)9-5-7-11/h4-10H2,1-3H3/q-2. The van der Waals surface area contributed by atoms with Gasteiger partial charge in [-0.2, -0.15) is 0 Å². The minimum absolute atomic E-state index is 0.275. The first-order valence-electron chi connectivity index (χ1n) is 6.46. The Kier molecular flexibility index (Phi) is 3.49. The highest BCUT2D eigenvalue weighted by Crippen LogP contribution is 2.43. The molecule has 0 amide bonds. The van der Waals surface area contributed by atoms with Crippen molar-refractivity contribution in [3.05, 3.63) is 10.4 Å². The van der Waals surface area contributed by atoms with E-state index in [0.29, 0.717) is 6.54 Å². The Morgan fingerprint density at radius 2 is 1.47 bits per heavy atom. The Morgan fingerprint density at radius 1 is 0.941 bits per heavy atom. The van der Waals surface area contributed by atoms with Gasteiger partial charge < -0.3 is 20.5 Å². The van der Waals surface area contributed by atoms with Crippen molar-refractivity contribution < 1.29 is 0 Å². The Labute approximate surface area is 104 Å². The second-order valence-corrected chi connectivity index (χ2v) is 5.76. The molecule has 0 spiro atoms. The number of nitrogens with zero attached hydrogens (tertiary/aromatic N) is 3. The zero-order valence-corrected chi connectivity index (χ0v) is 11.1. The van der Waals surface area contributed by atoms with E-state index in [0.717, 1.165) is 48.7 Å². The molecule has 0 atom stereocenters. The smallest absolute Gasteiger partial charge is 0.0619 e. The fourth-order valence-electron chi connectivity index (χ4n) is 3.75. The van der Waals surface area contributed by atoms with E-state index in [4.69, 9.17) is 0 Å². The Balaban J connectivity index is 2.33. The van der Waals surface area contributed by atoms with Gasteiger partial charge in [0.25, 0.3) is 0 Å². The predicted octanol–water partition coefficient (Wildman–Crippen LogP) is 1.58. The van der Waals surface area contributed by atoms with Crippen molar-refractivity contribution in [3.8, 4) is 0 Å². The lowest BCUT2D eigenvalue weighted by molar-refractivity contribution is -0.0113. The molecule has 2 rings (SSSR count). The van der Waals surface area contributed by atoms with Crippen molar-refractivity contribution in [1.82, 2.24) is 15.0 Å². The zero-order valence-electron chi connectivity index (χ0n) is 11.1. The van der Waals surface area contributed by atoms with Crippen molar-refractivity contribution in [2.45, 2.75) is 49.7 Å². The average molecular weight is 241 g/mol. The fraction of sp³-hybridized carbons (Fsp3) is 1.00. The van der Waals surface area contributed by atoms with Crippen LogP contribution in [0.25, 0.3) is 0 Å². The molecule has 0 aromatic rings. The number of likely N-dealkylation sites (N-methyl/N-ethyl adjacent to an activating group) is 2. The van der Waals surface area contributed by atoms with Crippen molar-refractivity contribution in [2.75, 3.05) is 27.7 Å². The maximum absolute atomic E-state index is 11.9. The largest absolute Gasteiger partial charge is 0.785 e. The van der Waals surface area contributed by atoms with Crippen molar-refractivity contribution in [3.63, 3.8) is 0 Å². The molecule has 0 aromatic carbocycles. The van der Waals surface area contributed by atoms with Gasteiger partial charge in [-0.05, 0) is 59.7 Å². The molecule has 2 fully saturated rings. The summed E-state index contributed by atoms with van der Waals surface area (Å²) < 4.78 is 0. The highest BCUT2D eigenvalue weighted by molar-refractivity contribution is 5.04. The van der Waals surface area contributed by atoms with Gasteiger partial charge in [-0.25, -0.2) is 0 Å². The SMILES string of the molecule is CN([O-])C12CCCC(N(C)[O-])(CCC1)N(C)C2. The molecule has 2 heterocycles. The number of rotatable bonds is 2. The van der Waals surface area contributed by atoms with Crippen LogP contribution in [0.1, 0.15) is 38.5 Å². The summed E-state index contributed by atoms with van der Waals surface area (Å²) in [7, 11) is 5.24. The monoisotopic (exact) mass is 241 g/mol. The third kappa shape index (κ3) is 2.00. The lowest BCUT2D eigenvalue weighted by Gasteiger charge is -2.52. The summed E-state index contributed by atoms with van der Waals surface area (Å²) in [5.41, 5.74) is -0.655. The van der Waals surface area contributed by atoms with E-state index in [1.807, 2.05) is 7.05 Å². The molecule has 2 bridgehead atoms. The maximum Gasteiger partial charge on any atom is 0.0619 e. The summed E-state index contributed by atoms with van der Waals surface area (Å²) in [6.07, 6.45) is 5.49. The molecular weight excluding hydrogens is 218 g/mol. The van der Waals surface area contributed by atoms with Crippen LogP contribution in [-0.2, 0) is 0 Å². The first-order chi connectivity index (χ1) is 7.93. The second kappa shape index (κ2) is 4.48. The van der Waals surface area contributed by atoms with Crippen molar-refractivity contribution in [2.24, 2.45) is 0 Å². The van der Waals surface area contributed by atoms with E-state index < -0.39 is 0 Å². The molecule has 0 unspecified atom stereocenters. The number of hydrogen-bond acceptors (Lipinski definition) is 5. The van der Waals surface area contributed by atoms with E-state index in [-0.39, 0.29) is 11.2 Å². The zero-order chi connectivity index (χ0) is 12.7. The molecule has 5 nitrogen and oxygen atoms in total. The molecule has 0 radical (unpaired) electrons. The summed E-state index contributed by atoms with van der Waals surface area (Å²) in [6.45, 7) is 0.708. The second-order valence-electron chi connectivity index (χ2n) is 5.76. The average Bonchev–Trinajstić information content (AvgIpc) is 2.43. The summed E-state index contributed by atoms with van der Waals surface area (Å²) in [5.74, 6) is 0. The summed E-state index contributed by atoms with van der Waals surface area (Å²) in [5, 5.41) is 26.1. The van der Waals surface area contributed by atoms with Gasteiger partial charge >= 0.3 is 0 Å². The van der Waals surface area contributed by atoms with Crippen LogP contribution in [0.5, 0.6) is 0 Å². The summed E-state index contributed by atoms with van der Waals surface area (Å²) in [6, 6.07) is 0. The third-order valence-corrected chi connectivity index (χ3v) is 4.93. The third-order valence-electron chi connectivity index (χ3n) is 4.93. The van der Waals surface area contributed by atoms with Crippen LogP contribution in [0.3, 0.4) is 0 Å². The molecule has 2 aliphatic heterocycles. The molecule has 5 heteroatoms. The first-order valence-corrected chi connectivity index (χ1v) is 6.46. The molecule has 17 heavy (non-hydrogen) atoms. The quantitative estimate of drug-likeness (QED) is 0.687. The number of fused-ring (bicyclic) bond motifs is 3. The number of hydroxylamine groups is 4. The summed E-state index contributed by atoms with van der Waals surface area (Å²) >= 11 is 0. The minimum atomic E-state index is -0.381. The molecule has 0 aliphatic carbocycles. The van der Waals surface area contributed by atoms with E-state index in [2.05, 4.69) is 4.90 Å². The van der Waals surface area contributed by atoms with Gasteiger partial charge in [0.1, 0.15) is 0 Å². The highest BCUT2D eigenvalue weighted by Gasteiger charge is 2.45. The minimum Gasteiger partial charge on any atom is -0.785 e. The van der Waals surface area contributed by atoms with Crippen LogP contribution in [0.4, 0.5) is 0 Å². The fourth-order valence-corrected chi connectivity index (χ4v) is 3.75. The van der Waals surface area contributed by atoms with Gasteiger partial charge in [-0.1, -0.05) is 0 Å². The van der Waals surface area contributed by atoms with Gasteiger partial charge in [0.2, 0.25) is 0 Å². The Bertz CT molecular complexity index is 271. The highest BCUT2D eigenvalue weighted by atomic mass is 16.5. The van der Waals surface area contributed by atoms with Crippen LogP contribution in [0, 0.1) is 10.4 Å². The van der Waals surface area contributed by atoms with E-state index in [1.165, 1.54) is 0 Å².